The molecule has 106 valence electrons. The zero-order chi connectivity index (χ0) is 14.0. The molecule has 19 heavy (non-hydrogen) atoms. The van der Waals surface area contributed by atoms with Crippen LogP contribution in [-0.2, 0) is 9.53 Å². The number of piperidine rings is 1. The number of nitrogens with zero attached hydrogens (tertiary/aromatic N) is 1. The summed E-state index contributed by atoms with van der Waals surface area (Å²) in [6, 6.07) is 0. The standard InChI is InChI=1S/C14H21NO3S/c1-14(2,3)18-13(17)15-7-4-10(5-8-15)11-6-9-19-12(11)16/h4-9H2,1-3H3. The van der Waals surface area contributed by atoms with Gasteiger partial charge in [-0.25, -0.2) is 4.79 Å². The SMILES string of the molecule is CC(C)(C)OC(=O)N1CCC(=C2CCSC2=O)CC1. The third-order valence-corrected chi connectivity index (χ3v) is 4.19. The van der Waals surface area contributed by atoms with Crippen molar-refractivity contribution >= 4 is 23.0 Å². The molecule has 0 radical (unpaired) electrons. The summed E-state index contributed by atoms with van der Waals surface area (Å²) < 4.78 is 5.36. The normalized spacial score (nSPS) is 21.0. The molecular weight excluding hydrogens is 262 g/mol. The summed E-state index contributed by atoms with van der Waals surface area (Å²) >= 11 is 1.41. The molecule has 0 aromatic carbocycles. The Hall–Kier alpha value is -0.970. The Morgan fingerprint density at radius 1 is 1.21 bits per heavy atom. The lowest BCUT2D eigenvalue weighted by Crippen LogP contribution is -2.40. The van der Waals surface area contributed by atoms with Gasteiger partial charge in [-0.1, -0.05) is 17.3 Å². The highest BCUT2D eigenvalue weighted by Crippen LogP contribution is 2.32. The maximum Gasteiger partial charge on any atom is 0.410 e. The maximum absolute atomic E-state index is 11.9. The van der Waals surface area contributed by atoms with Gasteiger partial charge in [0.1, 0.15) is 5.60 Å². The topological polar surface area (TPSA) is 46.6 Å². The minimum absolute atomic E-state index is 0.237. The second-order valence-electron chi connectivity index (χ2n) is 5.94. The van der Waals surface area contributed by atoms with Crippen LogP contribution in [0.3, 0.4) is 0 Å². The van der Waals surface area contributed by atoms with Crippen LogP contribution in [0.2, 0.25) is 0 Å². The van der Waals surface area contributed by atoms with E-state index in [1.165, 1.54) is 17.3 Å². The first-order chi connectivity index (χ1) is 8.87. The monoisotopic (exact) mass is 283 g/mol. The fourth-order valence-electron chi connectivity index (χ4n) is 2.34. The Morgan fingerprint density at radius 2 is 1.84 bits per heavy atom. The molecule has 0 aromatic heterocycles. The fourth-order valence-corrected chi connectivity index (χ4v) is 3.26. The van der Waals surface area contributed by atoms with E-state index in [1.807, 2.05) is 20.8 Å². The van der Waals surface area contributed by atoms with E-state index in [1.54, 1.807) is 4.90 Å². The molecule has 2 fully saturated rings. The van der Waals surface area contributed by atoms with Gasteiger partial charge in [-0.15, -0.1) is 0 Å². The quantitative estimate of drug-likeness (QED) is 0.641. The molecule has 2 rings (SSSR count). The number of ether oxygens (including phenoxy) is 1. The zero-order valence-electron chi connectivity index (χ0n) is 11.8. The molecule has 0 aromatic rings. The molecule has 0 bridgehead atoms. The van der Waals surface area contributed by atoms with Gasteiger partial charge in [0.2, 0.25) is 5.12 Å². The van der Waals surface area contributed by atoms with Gasteiger partial charge in [0.05, 0.1) is 0 Å². The molecule has 0 N–H and O–H groups in total. The summed E-state index contributed by atoms with van der Waals surface area (Å²) in [4.78, 5) is 25.3. The van der Waals surface area contributed by atoms with E-state index >= 15 is 0 Å². The van der Waals surface area contributed by atoms with Crippen LogP contribution in [0.25, 0.3) is 0 Å². The molecule has 2 heterocycles. The van der Waals surface area contributed by atoms with Crippen LogP contribution in [0.4, 0.5) is 4.79 Å². The first-order valence-corrected chi connectivity index (χ1v) is 7.71. The summed E-state index contributed by atoms with van der Waals surface area (Å²) in [6.07, 6.45) is 2.26. The van der Waals surface area contributed by atoms with Gasteiger partial charge < -0.3 is 9.64 Å². The molecule has 1 amide bonds. The van der Waals surface area contributed by atoms with Crippen molar-refractivity contribution in [3.63, 3.8) is 0 Å². The first-order valence-electron chi connectivity index (χ1n) is 6.73. The molecule has 0 atom stereocenters. The van der Waals surface area contributed by atoms with Crippen molar-refractivity contribution in [3.05, 3.63) is 11.1 Å². The van der Waals surface area contributed by atoms with Crippen LogP contribution < -0.4 is 0 Å². The Labute approximate surface area is 118 Å². The van der Waals surface area contributed by atoms with E-state index in [-0.39, 0.29) is 11.2 Å². The summed E-state index contributed by atoms with van der Waals surface area (Å²) in [5, 5.41) is 0.237. The molecule has 0 saturated carbocycles. The van der Waals surface area contributed by atoms with Crippen molar-refractivity contribution in [1.82, 2.24) is 4.90 Å². The predicted molar refractivity (Wildman–Crippen MR) is 76.1 cm³/mol. The van der Waals surface area contributed by atoms with Crippen molar-refractivity contribution < 1.29 is 14.3 Å². The minimum atomic E-state index is -0.451. The summed E-state index contributed by atoms with van der Waals surface area (Å²) in [7, 11) is 0. The van der Waals surface area contributed by atoms with Crippen LogP contribution in [0.15, 0.2) is 11.1 Å². The number of rotatable bonds is 0. The van der Waals surface area contributed by atoms with Gasteiger partial charge in [-0.05, 0) is 40.0 Å². The second-order valence-corrected chi connectivity index (χ2v) is 7.00. The van der Waals surface area contributed by atoms with E-state index in [2.05, 4.69) is 0 Å². The van der Waals surface area contributed by atoms with Crippen LogP contribution in [0.5, 0.6) is 0 Å². The van der Waals surface area contributed by atoms with E-state index in [9.17, 15) is 9.59 Å². The smallest absolute Gasteiger partial charge is 0.410 e. The van der Waals surface area contributed by atoms with Crippen LogP contribution in [-0.4, -0.2) is 40.6 Å². The van der Waals surface area contributed by atoms with Gasteiger partial charge >= 0.3 is 6.09 Å². The highest BCUT2D eigenvalue weighted by atomic mass is 32.2. The van der Waals surface area contributed by atoms with Gasteiger partial charge in [0, 0.05) is 24.4 Å². The zero-order valence-corrected chi connectivity index (χ0v) is 12.6. The molecule has 0 spiro atoms. The number of hydrogen-bond donors (Lipinski definition) is 0. The van der Waals surface area contributed by atoms with Gasteiger partial charge in [-0.2, -0.15) is 0 Å². The van der Waals surface area contributed by atoms with E-state index in [0.29, 0.717) is 13.1 Å². The highest BCUT2D eigenvalue weighted by molar-refractivity contribution is 8.14. The average molecular weight is 283 g/mol. The van der Waals surface area contributed by atoms with Crippen molar-refractivity contribution in [2.75, 3.05) is 18.8 Å². The van der Waals surface area contributed by atoms with Crippen molar-refractivity contribution in [2.24, 2.45) is 0 Å². The third kappa shape index (κ3) is 3.75. The average Bonchev–Trinajstić information content (AvgIpc) is 2.73. The number of hydrogen-bond acceptors (Lipinski definition) is 4. The Bertz CT molecular complexity index is 413. The molecule has 2 aliphatic heterocycles. The molecular formula is C14H21NO3S. The molecule has 5 heteroatoms. The van der Waals surface area contributed by atoms with Crippen LogP contribution in [0, 0.1) is 0 Å². The molecule has 0 unspecified atom stereocenters. The Balaban J connectivity index is 1.92. The largest absolute Gasteiger partial charge is 0.444 e. The van der Waals surface area contributed by atoms with E-state index in [0.717, 1.165) is 30.6 Å². The second kappa shape index (κ2) is 5.57. The Kier molecular flexibility index (Phi) is 4.23. The lowest BCUT2D eigenvalue weighted by molar-refractivity contribution is -0.107. The third-order valence-electron chi connectivity index (χ3n) is 3.28. The van der Waals surface area contributed by atoms with Crippen molar-refractivity contribution in [2.45, 2.75) is 45.6 Å². The summed E-state index contributed by atoms with van der Waals surface area (Å²) in [5.41, 5.74) is 1.80. The summed E-state index contributed by atoms with van der Waals surface area (Å²) in [6.45, 7) is 6.93. The van der Waals surface area contributed by atoms with Gasteiger partial charge in [-0.3, -0.25) is 4.79 Å². The van der Waals surface area contributed by atoms with Crippen LogP contribution in [0.1, 0.15) is 40.0 Å². The van der Waals surface area contributed by atoms with Crippen molar-refractivity contribution in [1.29, 1.82) is 0 Å². The number of carbonyl (C=O) groups is 2. The minimum Gasteiger partial charge on any atom is -0.444 e. The number of thioether (sulfide) groups is 1. The van der Waals surface area contributed by atoms with Gasteiger partial charge in [0.25, 0.3) is 0 Å². The molecule has 0 aliphatic carbocycles. The van der Waals surface area contributed by atoms with Crippen LogP contribution >= 0.6 is 11.8 Å². The first kappa shape index (κ1) is 14.4. The number of amides is 1. The van der Waals surface area contributed by atoms with Gasteiger partial charge in [0.15, 0.2) is 0 Å². The molecule has 2 saturated heterocycles. The predicted octanol–water partition coefficient (Wildman–Crippen LogP) is 2.98. The fraction of sp³-hybridized carbons (Fsp3) is 0.714. The number of carbonyl (C=O) groups excluding carboxylic acids is 2. The maximum atomic E-state index is 11.9. The Morgan fingerprint density at radius 3 is 2.32 bits per heavy atom. The summed E-state index contributed by atoms with van der Waals surface area (Å²) in [5.74, 6) is 0.910. The molecule has 4 nitrogen and oxygen atoms in total. The highest BCUT2D eigenvalue weighted by Gasteiger charge is 2.28. The van der Waals surface area contributed by atoms with E-state index in [4.69, 9.17) is 4.74 Å². The number of likely N-dealkylation sites (tertiary alicyclic amines) is 1. The molecule has 2 aliphatic rings. The van der Waals surface area contributed by atoms with Crippen molar-refractivity contribution in [3.8, 4) is 0 Å². The lowest BCUT2D eigenvalue weighted by Gasteiger charge is -2.31. The van der Waals surface area contributed by atoms with E-state index < -0.39 is 5.60 Å². The lowest BCUT2D eigenvalue weighted by atomic mass is 9.97.